The van der Waals surface area contributed by atoms with Gasteiger partial charge in [0.15, 0.2) is 0 Å². The molecule has 1 rings (SSSR count). The van der Waals surface area contributed by atoms with Gasteiger partial charge in [0.2, 0.25) is 0 Å². The zero-order valence-electron chi connectivity index (χ0n) is 9.83. The fraction of sp³-hybridized carbons (Fsp3) is 0.417. The Balaban J connectivity index is 3.11. The molecule has 2 nitrogen and oxygen atoms in total. The van der Waals surface area contributed by atoms with Crippen molar-refractivity contribution in [1.29, 1.82) is 0 Å². The van der Waals surface area contributed by atoms with E-state index in [1.54, 1.807) is 6.08 Å². The Morgan fingerprint density at radius 1 is 1.47 bits per heavy atom. The van der Waals surface area contributed by atoms with Crippen LogP contribution in [0.1, 0.15) is 6.92 Å². The van der Waals surface area contributed by atoms with Crippen LogP contribution in [-0.4, -0.2) is 37.4 Å². The molecule has 0 fully saturated rings. The van der Waals surface area contributed by atoms with Crippen LogP contribution in [0.25, 0.3) is 0 Å². The van der Waals surface area contributed by atoms with Crippen LogP contribution in [0.2, 0.25) is 0 Å². The summed E-state index contributed by atoms with van der Waals surface area (Å²) in [5, 5.41) is 0. The molecule has 0 saturated carbocycles. The molecule has 94 valence electrons. The Bertz CT molecular complexity index is 378. The summed E-state index contributed by atoms with van der Waals surface area (Å²) in [7, 11) is 1.83. The van der Waals surface area contributed by atoms with Crippen molar-refractivity contribution in [1.82, 2.24) is 4.90 Å². The third-order valence-electron chi connectivity index (χ3n) is 2.66. The average Bonchev–Trinajstić information content (AvgIpc) is 2.49. The molecule has 0 radical (unpaired) electrons. The first-order valence-corrected chi connectivity index (χ1v) is 5.24. The summed E-state index contributed by atoms with van der Waals surface area (Å²) < 4.78 is 37.9. The first-order valence-electron chi connectivity index (χ1n) is 5.24. The quantitative estimate of drug-likeness (QED) is 0.697. The molecule has 1 aliphatic carbocycles. The minimum Gasteiger partial charge on any atom is -0.295 e. The second-order valence-electron chi connectivity index (χ2n) is 3.75. The Hall–Kier alpha value is -1.36. The lowest BCUT2D eigenvalue weighted by Gasteiger charge is -2.24. The highest BCUT2D eigenvalue weighted by Crippen LogP contribution is 2.30. The first-order chi connectivity index (χ1) is 7.90. The van der Waals surface area contributed by atoms with Gasteiger partial charge in [0, 0.05) is 0 Å². The van der Waals surface area contributed by atoms with Gasteiger partial charge >= 0.3 is 6.18 Å². The van der Waals surface area contributed by atoms with E-state index in [9.17, 15) is 13.2 Å². The topological polar surface area (TPSA) is 15.6 Å². The predicted molar refractivity (Wildman–Crippen MR) is 63.0 cm³/mol. The van der Waals surface area contributed by atoms with Crippen LogP contribution in [0.5, 0.6) is 0 Å². The highest BCUT2D eigenvalue weighted by Gasteiger charge is 2.33. The molecule has 0 amide bonds. The van der Waals surface area contributed by atoms with E-state index in [0.717, 1.165) is 12.2 Å². The number of allylic oxidation sites excluding steroid dienone is 4. The minimum absolute atomic E-state index is 0.270. The van der Waals surface area contributed by atoms with E-state index in [4.69, 9.17) is 0 Å². The van der Waals surface area contributed by atoms with Crippen LogP contribution in [0.15, 0.2) is 40.6 Å². The molecule has 0 heterocycles. The highest BCUT2D eigenvalue weighted by molar-refractivity contribution is 5.41. The summed E-state index contributed by atoms with van der Waals surface area (Å²) >= 11 is 0. The van der Waals surface area contributed by atoms with Gasteiger partial charge in [-0.25, -0.2) is 0 Å². The molecular weight excluding hydrogens is 229 g/mol. The molecule has 0 unspecified atom stereocenters. The van der Waals surface area contributed by atoms with Crippen LogP contribution in [0, 0.1) is 0 Å². The maximum absolute atomic E-state index is 12.6. The Kier molecular flexibility index (Phi) is 4.28. The van der Waals surface area contributed by atoms with Gasteiger partial charge < -0.3 is 0 Å². The van der Waals surface area contributed by atoms with Crippen molar-refractivity contribution in [2.24, 2.45) is 4.99 Å². The molecule has 0 aromatic heterocycles. The van der Waals surface area contributed by atoms with Gasteiger partial charge in [-0.2, -0.15) is 13.2 Å². The van der Waals surface area contributed by atoms with Gasteiger partial charge in [-0.15, -0.1) is 0 Å². The Morgan fingerprint density at radius 2 is 2.12 bits per heavy atom. The van der Waals surface area contributed by atoms with Crippen molar-refractivity contribution in [3.8, 4) is 0 Å². The number of likely N-dealkylation sites (N-methyl/N-ethyl adjacent to an activating group) is 1. The molecule has 0 saturated heterocycles. The molecule has 5 heteroatoms. The lowest BCUT2D eigenvalue weighted by Crippen LogP contribution is -2.31. The normalized spacial score (nSPS) is 20.9. The number of rotatable bonds is 3. The molecule has 0 bridgehead atoms. The summed E-state index contributed by atoms with van der Waals surface area (Å²) in [5.41, 5.74) is -0.394. The summed E-state index contributed by atoms with van der Waals surface area (Å²) in [6, 6.07) is -0.270. The SMILES string of the molecule is C=NC1=CC(C(F)(F)F)=CC=C[C@@H]1N(C)CC. The lowest BCUT2D eigenvalue weighted by atomic mass is 10.1. The molecule has 1 aliphatic rings. The monoisotopic (exact) mass is 244 g/mol. The van der Waals surface area contributed by atoms with Gasteiger partial charge in [-0.1, -0.05) is 25.2 Å². The smallest absolute Gasteiger partial charge is 0.295 e. The van der Waals surface area contributed by atoms with Gasteiger partial charge in [0.1, 0.15) is 0 Å². The number of alkyl halides is 3. The Labute approximate surface area is 98.8 Å². The number of nitrogens with zero attached hydrogens (tertiary/aromatic N) is 2. The maximum atomic E-state index is 12.6. The van der Waals surface area contributed by atoms with Crippen LogP contribution in [0.4, 0.5) is 13.2 Å². The van der Waals surface area contributed by atoms with E-state index in [1.807, 2.05) is 18.9 Å². The van der Waals surface area contributed by atoms with Crippen molar-refractivity contribution in [2.75, 3.05) is 13.6 Å². The highest BCUT2D eigenvalue weighted by atomic mass is 19.4. The number of aliphatic imine (C=N–C) groups is 1. The van der Waals surface area contributed by atoms with Crippen LogP contribution >= 0.6 is 0 Å². The second-order valence-corrected chi connectivity index (χ2v) is 3.75. The van der Waals surface area contributed by atoms with E-state index >= 15 is 0 Å². The zero-order valence-corrected chi connectivity index (χ0v) is 9.83. The zero-order chi connectivity index (χ0) is 13.1. The summed E-state index contributed by atoms with van der Waals surface area (Å²) in [5.74, 6) is 0. The van der Waals surface area contributed by atoms with Gasteiger partial charge in [-0.3, -0.25) is 9.89 Å². The van der Waals surface area contributed by atoms with Gasteiger partial charge in [-0.05, 0) is 26.4 Å². The first kappa shape index (κ1) is 13.7. The van der Waals surface area contributed by atoms with Crippen LogP contribution < -0.4 is 0 Å². The molecule has 17 heavy (non-hydrogen) atoms. The fourth-order valence-corrected chi connectivity index (χ4v) is 1.54. The number of hydrogen-bond acceptors (Lipinski definition) is 2. The van der Waals surface area contributed by atoms with Crippen molar-refractivity contribution < 1.29 is 13.2 Å². The summed E-state index contributed by atoms with van der Waals surface area (Å²) in [4.78, 5) is 5.59. The maximum Gasteiger partial charge on any atom is 0.416 e. The molecule has 0 N–H and O–H groups in total. The summed E-state index contributed by atoms with van der Waals surface area (Å²) in [6.45, 7) is 5.98. The number of halogens is 3. The van der Waals surface area contributed by atoms with Crippen LogP contribution in [-0.2, 0) is 0 Å². The third-order valence-corrected chi connectivity index (χ3v) is 2.66. The fourth-order valence-electron chi connectivity index (χ4n) is 1.54. The van der Waals surface area contributed by atoms with Crippen LogP contribution in [0.3, 0.4) is 0 Å². The van der Waals surface area contributed by atoms with E-state index in [2.05, 4.69) is 11.7 Å². The molecule has 0 spiro atoms. The molecule has 0 aromatic carbocycles. The largest absolute Gasteiger partial charge is 0.416 e. The van der Waals surface area contributed by atoms with E-state index in [1.165, 1.54) is 6.08 Å². The van der Waals surface area contributed by atoms with Crippen molar-refractivity contribution in [3.63, 3.8) is 0 Å². The Morgan fingerprint density at radius 3 is 2.59 bits per heavy atom. The molecular formula is C12H15F3N2. The third kappa shape index (κ3) is 3.30. The van der Waals surface area contributed by atoms with E-state index in [0.29, 0.717) is 12.2 Å². The average molecular weight is 244 g/mol. The van der Waals surface area contributed by atoms with Gasteiger partial charge in [0.05, 0.1) is 17.3 Å². The van der Waals surface area contributed by atoms with Crippen molar-refractivity contribution >= 4 is 6.72 Å². The standard InChI is InChI=1S/C12H15F3N2/c1-4-17(3)11-7-5-6-9(12(13,14)15)8-10(11)16-2/h5-8,11H,2,4H2,1,3H3/t11-/m0/s1. The second kappa shape index (κ2) is 5.31. The summed E-state index contributed by atoms with van der Waals surface area (Å²) in [6.07, 6.45) is 0.829. The molecule has 0 aromatic rings. The van der Waals surface area contributed by atoms with Gasteiger partial charge in [0.25, 0.3) is 0 Å². The minimum atomic E-state index is -4.36. The number of hydrogen-bond donors (Lipinski definition) is 0. The van der Waals surface area contributed by atoms with Crippen molar-refractivity contribution in [3.05, 3.63) is 35.6 Å². The molecule has 1 atom stereocenters. The van der Waals surface area contributed by atoms with E-state index in [-0.39, 0.29) is 6.04 Å². The lowest BCUT2D eigenvalue weighted by molar-refractivity contribution is -0.0882. The predicted octanol–water partition coefficient (Wildman–Crippen LogP) is 2.95. The molecule has 0 aliphatic heterocycles. The van der Waals surface area contributed by atoms with Crippen molar-refractivity contribution in [2.45, 2.75) is 19.1 Å². The van der Waals surface area contributed by atoms with E-state index < -0.39 is 11.7 Å².